The van der Waals surface area contributed by atoms with Crippen LogP contribution in [0.1, 0.15) is 0 Å². The molecule has 4 heteroatoms. The third-order valence-corrected chi connectivity index (χ3v) is 2.93. The smallest absolute Gasteiger partial charge is 0.344 e. The summed E-state index contributed by atoms with van der Waals surface area (Å²) >= 11 is 0. The van der Waals surface area contributed by atoms with Crippen molar-refractivity contribution in [3.8, 4) is 5.75 Å². The largest absolute Gasteiger partial charge is 0.481 e. The first-order valence-electron chi connectivity index (χ1n) is 6.21. The van der Waals surface area contributed by atoms with Crippen LogP contribution in [0.4, 0.5) is 0 Å². The molecule has 1 heterocycles. The highest BCUT2D eigenvalue weighted by molar-refractivity contribution is 5.88. The third kappa shape index (κ3) is 3.03. The molecule has 0 aliphatic carbocycles. The van der Waals surface area contributed by atoms with E-state index in [1.165, 1.54) is 0 Å². The van der Waals surface area contributed by atoms with Crippen molar-refractivity contribution < 1.29 is 19.0 Å². The molecule has 0 N–H and O–H groups in total. The molecule has 2 aromatic rings. The molecular formula is C15H14O4. The average Bonchev–Trinajstić information content (AvgIpc) is 3.27. The first-order chi connectivity index (χ1) is 9.33. The van der Waals surface area contributed by atoms with Crippen molar-refractivity contribution in [3.05, 3.63) is 42.5 Å². The molecule has 3 rings (SSSR count). The van der Waals surface area contributed by atoms with Gasteiger partial charge in [0.15, 0.2) is 6.61 Å². The highest BCUT2D eigenvalue weighted by Gasteiger charge is 2.24. The Labute approximate surface area is 110 Å². The van der Waals surface area contributed by atoms with Crippen LogP contribution in [-0.2, 0) is 14.3 Å². The monoisotopic (exact) mass is 258 g/mol. The molecule has 4 nitrogen and oxygen atoms in total. The minimum Gasteiger partial charge on any atom is -0.481 e. The lowest BCUT2D eigenvalue weighted by molar-refractivity contribution is -0.146. The van der Waals surface area contributed by atoms with Gasteiger partial charge in [-0.2, -0.15) is 0 Å². The summed E-state index contributed by atoms with van der Waals surface area (Å²) in [6.45, 7) is 0.913. The van der Waals surface area contributed by atoms with E-state index in [0.29, 0.717) is 19.0 Å². The van der Waals surface area contributed by atoms with Crippen LogP contribution in [0.5, 0.6) is 5.75 Å². The summed E-state index contributed by atoms with van der Waals surface area (Å²) in [4.78, 5) is 11.5. The second-order valence-corrected chi connectivity index (χ2v) is 4.40. The van der Waals surface area contributed by atoms with Gasteiger partial charge in [0, 0.05) is 5.39 Å². The highest BCUT2D eigenvalue weighted by Crippen LogP contribution is 2.25. The molecule has 98 valence electrons. The number of hydrogen-bond acceptors (Lipinski definition) is 4. The van der Waals surface area contributed by atoms with Gasteiger partial charge in [0.05, 0.1) is 6.61 Å². The zero-order valence-electron chi connectivity index (χ0n) is 10.4. The van der Waals surface area contributed by atoms with Crippen LogP contribution in [0.25, 0.3) is 10.8 Å². The lowest BCUT2D eigenvalue weighted by Crippen LogP contribution is -2.17. The SMILES string of the molecule is O=C(COc1cccc2ccccc12)OCC1CO1. The quantitative estimate of drug-likeness (QED) is 0.609. The molecule has 1 atom stereocenters. The van der Waals surface area contributed by atoms with E-state index in [9.17, 15) is 4.79 Å². The molecule has 1 fully saturated rings. The first-order valence-corrected chi connectivity index (χ1v) is 6.21. The normalized spacial score (nSPS) is 17.2. The fourth-order valence-electron chi connectivity index (χ4n) is 1.85. The predicted octanol–water partition coefficient (Wildman–Crippen LogP) is 2.16. The molecule has 0 amide bonds. The zero-order valence-corrected chi connectivity index (χ0v) is 10.4. The Morgan fingerprint density at radius 2 is 2.00 bits per heavy atom. The molecule has 1 unspecified atom stereocenters. The molecule has 19 heavy (non-hydrogen) atoms. The van der Waals surface area contributed by atoms with E-state index in [0.717, 1.165) is 10.8 Å². The van der Waals surface area contributed by atoms with Gasteiger partial charge in [-0.15, -0.1) is 0 Å². The van der Waals surface area contributed by atoms with Crippen molar-refractivity contribution in [3.63, 3.8) is 0 Å². The Balaban J connectivity index is 1.62. The van der Waals surface area contributed by atoms with Gasteiger partial charge in [0.2, 0.25) is 0 Å². The summed E-state index contributed by atoms with van der Waals surface area (Å²) in [6.07, 6.45) is 0.0847. The lowest BCUT2D eigenvalue weighted by Gasteiger charge is -2.08. The number of esters is 1. The van der Waals surface area contributed by atoms with Gasteiger partial charge in [0.25, 0.3) is 0 Å². The minimum atomic E-state index is -0.372. The number of carbonyl (C=O) groups is 1. The topological polar surface area (TPSA) is 48.1 Å². The van der Waals surface area contributed by atoms with Crippen LogP contribution in [-0.4, -0.2) is 31.9 Å². The molecule has 0 spiro atoms. The van der Waals surface area contributed by atoms with Gasteiger partial charge in [0.1, 0.15) is 18.5 Å². The van der Waals surface area contributed by atoms with Gasteiger partial charge < -0.3 is 14.2 Å². The van der Waals surface area contributed by atoms with Crippen LogP contribution in [0, 0.1) is 0 Å². The summed E-state index contributed by atoms with van der Waals surface area (Å²) in [5, 5.41) is 2.07. The molecule has 0 bridgehead atoms. The van der Waals surface area contributed by atoms with Gasteiger partial charge in [-0.1, -0.05) is 36.4 Å². The highest BCUT2D eigenvalue weighted by atomic mass is 16.6. The van der Waals surface area contributed by atoms with Crippen molar-refractivity contribution >= 4 is 16.7 Å². The van der Waals surface area contributed by atoms with Gasteiger partial charge >= 0.3 is 5.97 Å². The second kappa shape index (κ2) is 5.28. The van der Waals surface area contributed by atoms with Crippen molar-refractivity contribution in [2.45, 2.75) is 6.10 Å². The fourth-order valence-corrected chi connectivity index (χ4v) is 1.85. The molecule has 0 saturated carbocycles. The lowest BCUT2D eigenvalue weighted by atomic mass is 10.1. The van der Waals surface area contributed by atoms with Crippen molar-refractivity contribution in [2.75, 3.05) is 19.8 Å². The summed E-state index contributed by atoms with van der Waals surface area (Å²) in [7, 11) is 0. The predicted molar refractivity (Wildman–Crippen MR) is 70.1 cm³/mol. The number of carbonyl (C=O) groups excluding carboxylic acids is 1. The minimum absolute atomic E-state index is 0.0826. The maximum atomic E-state index is 11.5. The summed E-state index contributed by atoms with van der Waals surface area (Å²) in [5.41, 5.74) is 0. The van der Waals surface area contributed by atoms with E-state index < -0.39 is 0 Å². The number of epoxide rings is 1. The van der Waals surface area contributed by atoms with Crippen molar-refractivity contribution in [1.82, 2.24) is 0 Å². The molecule has 0 aromatic heterocycles. The first kappa shape index (κ1) is 12.0. The Hall–Kier alpha value is -2.07. The number of benzene rings is 2. The zero-order chi connectivity index (χ0) is 13.1. The summed E-state index contributed by atoms with van der Waals surface area (Å²) < 4.78 is 15.5. The molecule has 2 aromatic carbocycles. The number of rotatable bonds is 5. The maximum absolute atomic E-state index is 11.5. The van der Waals surface area contributed by atoms with Crippen molar-refractivity contribution in [1.29, 1.82) is 0 Å². The Bertz CT molecular complexity index is 584. The van der Waals surface area contributed by atoms with Crippen LogP contribution < -0.4 is 4.74 Å². The molecular weight excluding hydrogens is 244 g/mol. The molecule has 1 aliphatic rings. The molecule has 1 saturated heterocycles. The van der Waals surface area contributed by atoms with Crippen LogP contribution in [0.15, 0.2) is 42.5 Å². The summed E-state index contributed by atoms with van der Waals surface area (Å²) in [6, 6.07) is 13.6. The maximum Gasteiger partial charge on any atom is 0.344 e. The van der Waals surface area contributed by atoms with Crippen LogP contribution >= 0.6 is 0 Å². The standard InChI is InChI=1S/C15H14O4/c16-15(19-9-12-8-17-12)10-18-14-7-3-5-11-4-1-2-6-13(11)14/h1-7,12H,8-10H2. The van der Waals surface area contributed by atoms with Crippen LogP contribution in [0.2, 0.25) is 0 Å². The fraction of sp³-hybridized carbons (Fsp3) is 0.267. The van der Waals surface area contributed by atoms with E-state index in [1.54, 1.807) is 0 Å². The van der Waals surface area contributed by atoms with E-state index >= 15 is 0 Å². The molecule has 1 aliphatic heterocycles. The Morgan fingerprint density at radius 3 is 2.84 bits per heavy atom. The number of hydrogen-bond donors (Lipinski definition) is 0. The Morgan fingerprint density at radius 1 is 1.21 bits per heavy atom. The Kier molecular flexibility index (Phi) is 3.33. The van der Waals surface area contributed by atoms with Gasteiger partial charge in [-0.25, -0.2) is 4.79 Å². The number of ether oxygens (including phenoxy) is 3. The second-order valence-electron chi connectivity index (χ2n) is 4.40. The van der Waals surface area contributed by atoms with Gasteiger partial charge in [-0.05, 0) is 11.5 Å². The van der Waals surface area contributed by atoms with E-state index in [-0.39, 0.29) is 18.7 Å². The van der Waals surface area contributed by atoms with Crippen molar-refractivity contribution in [2.24, 2.45) is 0 Å². The summed E-state index contributed by atoms with van der Waals surface area (Å²) in [5.74, 6) is 0.321. The van der Waals surface area contributed by atoms with E-state index in [2.05, 4.69) is 0 Å². The number of fused-ring (bicyclic) bond motifs is 1. The third-order valence-electron chi connectivity index (χ3n) is 2.93. The molecule has 0 radical (unpaired) electrons. The van der Waals surface area contributed by atoms with Crippen LogP contribution in [0.3, 0.4) is 0 Å². The van der Waals surface area contributed by atoms with Gasteiger partial charge in [-0.3, -0.25) is 0 Å². The van der Waals surface area contributed by atoms with E-state index in [4.69, 9.17) is 14.2 Å². The average molecular weight is 258 g/mol. The van der Waals surface area contributed by atoms with E-state index in [1.807, 2.05) is 42.5 Å².